The second-order valence-corrected chi connectivity index (χ2v) is 11.7. The molecule has 0 saturated carbocycles. The smallest absolute Gasteiger partial charge is 0.338 e. The van der Waals surface area contributed by atoms with Gasteiger partial charge in [-0.1, -0.05) is 33.6 Å². The van der Waals surface area contributed by atoms with Crippen LogP contribution in [-0.4, -0.2) is 164 Å². The van der Waals surface area contributed by atoms with Crippen molar-refractivity contribution in [3.8, 4) is 0 Å². The SMILES string of the molecule is CCCCNc1ccc(C(=O)OCCOCCOCCOCCOCCOCCOCCOCCOCCOCCOCCOCC(C)CC)cc1. The van der Waals surface area contributed by atoms with Gasteiger partial charge in [0, 0.05) is 18.8 Å². The third-order valence-corrected chi connectivity index (χ3v) is 7.26. The first kappa shape index (κ1) is 48.1. The third kappa shape index (κ3) is 32.7. The first-order valence-corrected chi connectivity index (χ1v) is 19.0. The molecule has 14 heteroatoms. The van der Waals surface area contributed by atoms with Crippen LogP contribution in [0.25, 0.3) is 0 Å². The van der Waals surface area contributed by atoms with Crippen LogP contribution in [0.2, 0.25) is 0 Å². The summed E-state index contributed by atoms with van der Waals surface area (Å²) in [5, 5.41) is 3.32. The zero-order chi connectivity index (χ0) is 37.4. The van der Waals surface area contributed by atoms with Crippen LogP contribution >= 0.6 is 0 Å². The third-order valence-electron chi connectivity index (χ3n) is 7.26. The molecule has 0 amide bonds. The van der Waals surface area contributed by atoms with E-state index in [1.807, 2.05) is 12.1 Å². The van der Waals surface area contributed by atoms with Crippen molar-refractivity contribution in [1.82, 2.24) is 0 Å². The average molecular weight is 748 g/mol. The topological polar surface area (TPSA) is 140 Å². The zero-order valence-corrected chi connectivity index (χ0v) is 32.3. The molecule has 0 aliphatic rings. The summed E-state index contributed by atoms with van der Waals surface area (Å²) in [6.07, 6.45) is 3.37. The normalized spacial score (nSPS) is 12.0. The van der Waals surface area contributed by atoms with Gasteiger partial charge in [0.2, 0.25) is 0 Å². The highest BCUT2D eigenvalue weighted by Crippen LogP contribution is 2.11. The molecule has 14 nitrogen and oxygen atoms in total. The van der Waals surface area contributed by atoms with Gasteiger partial charge in [-0.3, -0.25) is 0 Å². The van der Waals surface area contributed by atoms with Crippen LogP contribution in [-0.2, 0) is 56.8 Å². The van der Waals surface area contributed by atoms with Gasteiger partial charge in [0.25, 0.3) is 0 Å². The zero-order valence-electron chi connectivity index (χ0n) is 32.3. The lowest BCUT2D eigenvalue weighted by atomic mass is 10.1. The fraction of sp³-hybridized carbons (Fsp3) is 0.816. The number of carbonyl (C=O) groups is 1. The number of nitrogens with one attached hydrogen (secondary N) is 1. The van der Waals surface area contributed by atoms with E-state index in [4.69, 9.17) is 56.8 Å². The maximum Gasteiger partial charge on any atom is 0.338 e. The number of esters is 1. The van der Waals surface area contributed by atoms with Crippen molar-refractivity contribution in [3.63, 3.8) is 0 Å². The van der Waals surface area contributed by atoms with Gasteiger partial charge >= 0.3 is 5.97 Å². The molecule has 304 valence electrons. The molecule has 0 saturated heterocycles. The highest BCUT2D eigenvalue weighted by molar-refractivity contribution is 5.89. The summed E-state index contributed by atoms with van der Waals surface area (Å²) in [5.74, 6) is 0.232. The molecule has 0 heterocycles. The Labute approximate surface area is 312 Å². The molecule has 1 atom stereocenters. The molecule has 0 aromatic heterocycles. The molecular formula is C38H69NO13. The molecule has 52 heavy (non-hydrogen) atoms. The Bertz CT molecular complexity index is 881. The second kappa shape index (κ2) is 38.8. The van der Waals surface area contributed by atoms with Crippen molar-refractivity contribution >= 4 is 11.7 Å². The molecule has 0 fully saturated rings. The van der Waals surface area contributed by atoms with E-state index in [1.165, 1.54) is 0 Å². The van der Waals surface area contributed by atoms with Gasteiger partial charge in [-0.25, -0.2) is 4.79 Å². The summed E-state index contributed by atoms with van der Waals surface area (Å²) in [6, 6.07) is 7.29. The van der Waals surface area contributed by atoms with Crippen LogP contribution < -0.4 is 5.32 Å². The highest BCUT2D eigenvalue weighted by Gasteiger charge is 2.07. The van der Waals surface area contributed by atoms with Crippen molar-refractivity contribution in [3.05, 3.63) is 29.8 Å². The molecule has 1 aromatic carbocycles. The van der Waals surface area contributed by atoms with Crippen LogP contribution in [0.15, 0.2) is 24.3 Å². The van der Waals surface area contributed by atoms with E-state index in [-0.39, 0.29) is 12.6 Å². The number of ether oxygens (including phenoxy) is 12. The van der Waals surface area contributed by atoms with Crippen molar-refractivity contribution in [2.45, 2.75) is 40.0 Å². The second-order valence-electron chi connectivity index (χ2n) is 11.7. The maximum atomic E-state index is 12.1. The van der Waals surface area contributed by atoms with Gasteiger partial charge in [0.05, 0.1) is 144 Å². The highest BCUT2D eigenvalue weighted by atomic mass is 16.6. The van der Waals surface area contributed by atoms with Gasteiger partial charge in [-0.05, 0) is 36.6 Å². The Morgan fingerprint density at radius 1 is 0.500 bits per heavy atom. The van der Waals surface area contributed by atoms with E-state index in [0.717, 1.165) is 38.1 Å². The number of anilines is 1. The molecular weight excluding hydrogens is 678 g/mol. The summed E-state index contributed by atoms with van der Waals surface area (Å²) in [7, 11) is 0. The number of hydrogen-bond donors (Lipinski definition) is 1. The van der Waals surface area contributed by atoms with E-state index < -0.39 is 0 Å². The number of rotatable bonds is 41. The molecule has 0 radical (unpaired) electrons. The predicted molar refractivity (Wildman–Crippen MR) is 199 cm³/mol. The lowest BCUT2D eigenvalue weighted by Gasteiger charge is -2.10. The van der Waals surface area contributed by atoms with Gasteiger partial charge in [-0.15, -0.1) is 0 Å². The molecule has 0 aliphatic heterocycles. The number of carbonyl (C=O) groups excluding carboxylic acids is 1. The molecule has 1 unspecified atom stereocenters. The van der Waals surface area contributed by atoms with E-state index in [1.54, 1.807) is 12.1 Å². The van der Waals surface area contributed by atoms with Crippen molar-refractivity contribution in [2.24, 2.45) is 5.92 Å². The monoisotopic (exact) mass is 747 g/mol. The fourth-order valence-electron chi connectivity index (χ4n) is 4.01. The van der Waals surface area contributed by atoms with Gasteiger partial charge in [0.15, 0.2) is 0 Å². The maximum absolute atomic E-state index is 12.1. The van der Waals surface area contributed by atoms with Gasteiger partial charge in [-0.2, -0.15) is 0 Å². The minimum atomic E-state index is -0.361. The fourth-order valence-corrected chi connectivity index (χ4v) is 4.01. The van der Waals surface area contributed by atoms with Crippen molar-refractivity contribution in [2.75, 3.05) is 164 Å². The van der Waals surface area contributed by atoms with Crippen LogP contribution in [0.1, 0.15) is 50.4 Å². The molecule has 1 aromatic rings. The Balaban J connectivity index is 1.68. The van der Waals surface area contributed by atoms with Crippen LogP contribution in [0, 0.1) is 5.92 Å². The van der Waals surface area contributed by atoms with E-state index >= 15 is 0 Å². The molecule has 1 N–H and O–H groups in total. The van der Waals surface area contributed by atoms with Gasteiger partial charge in [0.1, 0.15) is 6.61 Å². The quantitative estimate of drug-likeness (QED) is 0.0753. The van der Waals surface area contributed by atoms with Crippen molar-refractivity contribution < 1.29 is 61.6 Å². The number of hydrogen-bond acceptors (Lipinski definition) is 14. The standard InChI is InChI=1S/C38H69NO13/c1-4-6-11-39-37-9-7-36(8-10-37)38(40)52-33-32-50-29-28-48-25-24-46-21-20-44-17-16-42-13-12-41-14-15-43-18-19-45-22-23-47-26-27-49-30-31-51-34-35(3)5-2/h7-10,35,39H,4-6,11-34H2,1-3H3. The summed E-state index contributed by atoms with van der Waals surface area (Å²) in [4.78, 5) is 12.1. The Kier molecular flexibility index (Phi) is 35.8. The van der Waals surface area contributed by atoms with Crippen molar-refractivity contribution in [1.29, 1.82) is 0 Å². The summed E-state index contributed by atoms with van der Waals surface area (Å²) in [6.45, 7) is 18.8. The van der Waals surface area contributed by atoms with Gasteiger partial charge < -0.3 is 62.2 Å². The lowest BCUT2D eigenvalue weighted by molar-refractivity contribution is -0.0283. The summed E-state index contributed by atoms with van der Waals surface area (Å²) < 4.78 is 65.6. The first-order chi connectivity index (χ1) is 25.7. The van der Waals surface area contributed by atoms with E-state index in [0.29, 0.717) is 150 Å². The molecule has 0 aliphatic carbocycles. The first-order valence-electron chi connectivity index (χ1n) is 19.0. The summed E-state index contributed by atoms with van der Waals surface area (Å²) >= 11 is 0. The molecule has 0 bridgehead atoms. The lowest BCUT2D eigenvalue weighted by Crippen LogP contribution is -2.16. The van der Waals surface area contributed by atoms with Crippen LogP contribution in [0.3, 0.4) is 0 Å². The predicted octanol–water partition coefficient (Wildman–Crippen LogP) is 4.28. The summed E-state index contributed by atoms with van der Waals surface area (Å²) in [5.41, 5.74) is 1.51. The van der Waals surface area contributed by atoms with E-state index in [2.05, 4.69) is 26.1 Å². The Hall–Kier alpha value is -1.95. The van der Waals surface area contributed by atoms with E-state index in [9.17, 15) is 4.79 Å². The average Bonchev–Trinajstić information content (AvgIpc) is 3.16. The Morgan fingerprint density at radius 3 is 1.15 bits per heavy atom. The van der Waals surface area contributed by atoms with Crippen LogP contribution in [0.4, 0.5) is 5.69 Å². The molecule has 0 spiro atoms. The number of benzene rings is 1. The minimum absolute atomic E-state index is 0.190. The number of unbranched alkanes of at least 4 members (excludes halogenated alkanes) is 1. The minimum Gasteiger partial charge on any atom is -0.460 e. The molecule has 1 rings (SSSR count). The van der Waals surface area contributed by atoms with Crippen LogP contribution in [0.5, 0.6) is 0 Å². The Morgan fingerprint density at radius 2 is 0.827 bits per heavy atom. The largest absolute Gasteiger partial charge is 0.460 e.